The van der Waals surface area contributed by atoms with Crippen molar-refractivity contribution >= 4 is 34.1 Å². The van der Waals surface area contributed by atoms with E-state index in [1.165, 1.54) is 6.07 Å². The number of likely N-dealkylation sites (tertiary alicyclic amines) is 1. The number of rotatable bonds is 6. The fraction of sp³-hybridized carbons (Fsp3) is 0.250. The van der Waals surface area contributed by atoms with E-state index in [2.05, 4.69) is 10.5 Å². The van der Waals surface area contributed by atoms with Gasteiger partial charge in [-0.1, -0.05) is 35.5 Å². The molecule has 1 aromatic heterocycles. The Balaban J connectivity index is 1.44. The quantitative estimate of drug-likeness (QED) is 0.566. The number of aromatic nitrogens is 1. The van der Waals surface area contributed by atoms with Crippen LogP contribution >= 0.6 is 0 Å². The van der Waals surface area contributed by atoms with Crippen LogP contribution in [0.4, 0.5) is 15.4 Å². The molecule has 0 radical (unpaired) electrons. The summed E-state index contributed by atoms with van der Waals surface area (Å²) >= 11 is 0. The Bertz CT molecular complexity index is 1020. The highest BCUT2D eigenvalue weighted by atomic mass is 32.2. The molecule has 12 nitrogen and oxygen atoms in total. The molecule has 1 atom stereocenters. The standard InChI is InChI=1S/C16H17N5O7S/c1-10-7-13(18-28-10)19-29(25,26)20-15(23)21-8-12(14(21)22)17-16(24)27-9-11-5-3-2-4-6-11/h2-7,12H,8-9H2,1H3,(H,17,24)(H,18,19)(H,20,23)/t12-/m0/s1. The molecule has 2 heterocycles. The number of β-lactam (4-membered cyclic amide) rings is 1. The summed E-state index contributed by atoms with van der Waals surface area (Å²) in [6.07, 6.45) is -0.831. The number of alkyl carbamates (subject to hydrolysis) is 1. The number of carbonyl (C=O) groups is 3. The van der Waals surface area contributed by atoms with E-state index < -0.39 is 34.3 Å². The second kappa shape index (κ2) is 8.18. The van der Waals surface area contributed by atoms with Gasteiger partial charge in [0.25, 0.3) is 5.91 Å². The summed E-state index contributed by atoms with van der Waals surface area (Å²) in [4.78, 5) is 36.4. The van der Waals surface area contributed by atoms with Crippen molar-refractivity contribution in [3.8, 4) is 0 Å². The minimum Gasteiger partial charge on any atom is -0.445 e. The summed E-state index contributed by atoms with van der Waals surface area (Å²) < 4.78 is 37.1. The van der Waals surface area contributed by atoms with Crippen LogP contribution in [0.3, 0.4) is 0 Å². The van der Waals surface area contributed by atoms with Gasteiger partial charge in [-0.3, -0.25) is 9.69 Å². The Hall–Kier alpha value is -3.61. The Kier molecular flexibility index (Phi) is 5.68. The Morgan fingerprint density at radius 3 is 2.66 bits per heavy atom. The Morgan fingerprint density at radius 2 is 2.03 bits per heavy atom. The predicted octanol–water partition coefficient (Wildman–Crippen LogP) is 0.487. The number of imide groups is 1. The summed E-state index contributed by atoms with van der Waals surface area (Å²) in [7, 11) is -4.32. The van der Waals surface area contributed by atoms with Gasteiger partial charge in [-0.05, 0) is 12.5 Å². The number of aryl methyl sites for hydroxylation is 1. The highest BCUT2D eigenvalue weighted by molar-refractivity contribution is 7.91. The number of anilines is 1. The van der Waals surface area contributed by atoms with Crippen molar-refractivity contribution in [1.82, 2.24) is 20.1 Å². The van der Waals surface area contributed by atoms with Gasteiger partial charge in [-0.25, -0.2) is 19.0 Å². The fourth-order valence-corrected chi connectivity index (χ4v) is 3.13. The van der Waals surface area contributed by atoms with E-state index in [9.17, 15) is 22.8 Å². The van der Waals surface area contributed by atoms with Crippen LogP contribution in [0.2, 0.25) is 0 Å². The third-order valence-electron chi connectivity index (χ3n) is 3.77. The molecule has 0 saturated carbocycles. The predicted molar refractivity (Wildman–Crippen MR) is 97.6 cm³/mol. The van der Waals surface area contributed by atoms with Crippen molar-refractivity contribution < 1.29 is 32.1 Å². The molecule has 1 aliphatic rings. The number of carbonyl (C=O) groups excluding carboxylic acids is 3. The van der Waals surface area contributed by atoms with E-state index in [-0.39, 0.29) is 19.0 Å². The first-order chi connectivity index (χ1) is 13.7. The normalized spacial score (nSPS) is 16.0. The minimum atomic E-state index is -4.32. The molecule has 2 aromatic rings. The molecular weight excluding hydrogens is 406 g/mol. The topological polar surface area (TPSA) is 160 Å². The van der Waals surface area contributed by atoms with Gasteiger partial charge in [0.2, 0.25) is 0 Å². The van der Waals surface area contributed by atoms with Crippen molar-refractivity contribution in [2.75, 3.05) is 11.3 Å². The van der Waals surface area contributed by atoms with Gasteiger partial charge in [0.1, 0.15) is 18.4 Å². The third kappa shape index (κ3) is 5.22. The van der Waals surface area contributed by atoms with Crippen molar-refractivity contribution in [3.05, 3.63) is 47.7 Å². The number of ether oxygens (including phenoxy) is 1. The van der Waals surface area contributed by atoms with Gasteiger partial charge in [0.15, 0.2) is 5.82 Å². The van der Waals surface area contributed by atoms with Crippen molar-refractivity contribution in [2.24, 2.45) is 0 Å². The molecule has 154 valence electrons. The maximum absolute atomic E-state index is 12.0. The first-order valence-corrected chi connectivity index (χ1v) is 9.78. The van der Waals surface area contributed by atoms with Crippen LogP contribution in [0.5, 0.6) is 0 Å². The monoisotopic (exact) mass is 423 g/mol. The zero-order valence-electron chi connectivity index (χ0n) is 15.1. The molecule has 1 aromatic carbocycles. The molecule has 0 bridgehead atoms. The second-order valence-electron chi connectivity index (χ2n) is 6.04. The zero-order chi connectivity index (χ0) is 21.0. The van der Waals surface area contributed by atoms with Crippen LogP contribution in [-0.2, 0) is 26.3 Å². The van der Waals surface area contributed by atoms with Gasteiger partial charge < -0.3 is 14.6 Å². The Labute approximate surface area is 165 Å². The highest BCUT2D eigenvalue weighted by Crippen LogP contribution is 2.13. The Morgan fingerprint density at radius 1 is 1.31 bits per heavy atom. The van der Waals surface area contributed by atoms with Crippen LogP contribution < -0.4 is 14.8 Å². The smallest absolute Gasteiger partial charge is 0.408 e. The van der Waals surface area contributed by atoms with Gasteiger partial charge in [0.05, 0.1) is 6.54 Å². The largest absolute Gasteiger partial charge is 0.445 e. The summed E-state index contributed by atoms with van der Waals surface area (Å²) in [5.74, 6) is -0.537. The summed E-state index contributed by atoms with van der Waals surface area (Å²) in [5, 5.41) is 5.73. The van der Waals surface area contributed by atoms with Crippen molar-refractivity contribution in [3.63, 3.8) is 0 Å². The molecule has 13 heteroatoms. The number of urea groups is 1. The number of amides is 4. The summed E-state index contributed by atoms with van der Waals surface area (Å²) in [5.41, 5.74) is 0.767. The molecule has 0 aliphatic carbocycles. The molecule has 3 rings (SSSR count). The van der Waals surface area contributed by atoms with E-state index in [4.69, 9.17) is 9.26 Å². The average Bonchev–Trinajstić information content (AvgIpc) is 3.06. The maximum atomic E-state index is 12.0. The minimum absolute atomic E-state index is 0.0171. The SMILES string of the molecule is Cc1cc(NS(=O)(=O)NC(=O)N2C[C@H](NC(=O)OCc3ccccc3)C2=O)no1. The van der Waals surface area contributed by atoms with Gasteiger partial charge in [-0.2, -0.15) is 8.42 Å². The fourth-order valence-electron chi connectivity index (χ4n) is 2.37. The van der Waals surface area contributed by atoms with Crippen molar-refractivity contribution in [1.29, 1.82) is 0 Å². The first-order valence-electron chi connectivity index (χ1n) is 8.30. The number of nitrogens with one attached hydrogen (secondary N) is 3. The number of benzene rings is 1. The van der Waals surface area contributed by atoms with Crippen LogP contribution in [0.15, 0.2) is 40.9 Å². The molecule has 4 amide bonds. The lowest BCUT2D eigenvalue weighted by molar-refractivity contribution is -0.139. The lowest BCUT2D eigenvalue weighted by Crippen LogP contribution is -2.67. The number of hydrogen-bond acceptors (Lipinski definition) is 8. The third-order valence-corrected chi connectivity index (χ3v) is 4.69. The average molecular weight is 423 g/mol. The number of hydrogen-bond donors (Lipinski definition) is 3. The lowest BCUT2D eigenvalue weighted by Gasteiger charge is -2.36. The van der Waals surface area contributed by atoms with Gasteiger partial charge >= 0.3 is 22.3 Å². The van der Waals surface area contributed by atoms with Crippen LogP contribution in [0.1, 0.15) is 11.3 Å². The first kappa shape index (κ1) is 20.1. The second-order valence-corrected chi connectivity index (χ2v) is 7.46. The molecular formula is C16H17N5O7S. The highest BCUT2D eigenvalue weighted by Gasteiger charge is 2.43. The van der Waals surface area contributed by atoms with E-state index in [1.54, 1.807) is 35.9 Å². The molecule has 3 N–H and O–H groups in total. The van der Waals surface area contributed by atoms with Gasteiger partial charge in [0, 0.05) is 6.07 Å². The molecule has 1 fully saturated rings. The zero-order valence-corrected chi connectivity index (χ0v) is 15.9. The van der Waals surface area contributed by atoms with E-state index in [0.29, 0.717) is 10.7 Å². The maximum Gasteiger partial charge on any atom is 0.408 e. The molecule has 0 spiro atoms. The lowest BCUT2D eigenvalue weighted by atomic mass is 10.1. The summed E-state index contributed by atoms with van der Waals surface area (Å²) in [6.45, 7) is 1.37. The van der Waals surface area contributed by atoms with E-state index >= 15 is 0 Å². The van der Waals surface area contributed by atoms with Crippen LogP contribution in [0.25, 0.3) is 0 Å². The molecule has 29 heavy (non-hydrogen) atoms. The van der Waals surface area contributed by atoms with E-state index in [1.807, 2.05) is 10.8 Å². The van der Waals surface area contributed by atoms with Crippen LogP contribution in [-0.4, -0.2) is 49.1 Å². The summed E-state index contributed by atoms with van der Waals surface area (Å²) in [6, 6.07) is 8.07. The van der Waals surface area contributed by atoms with Crippen molar-refractivity contribution in [2.45, 2.75) is 19.6 Å². The van der Waals surface area contributed by atoms with Crippen LogP contribution in [0, 0.1) is 6.92 Å². The molecule has 0 unspecified atom stereocenters. The van der Waals surface area contributed by atoms with E-state index in [0.717, 1.165) is 5.56 Å². The number of nitrogens with zero attached hydrogens (tertiary/aromatic N) is 2. The van der Waals surface area contributed by atoms with Gasteiger partial charge in [-0.15, -0.1) is 0 Å². The molecule has 1 aliphatic heterocycles. The molecule has 1 saturated heterocycles.